The number of esters is 1. The number of ether oxygens (including phenoxy) is 2. The van der Waals surface area contributed by atoms with Crippen molar-refractivity contribution >= 4 is 33.6 Å². The van der Waals surface area contributed by atoms with Gasteiger partial charge in [-0.15, -0.1) is 0 Å². The molecule has 4 rings (SSSR count). The molecular weight excluding hydrogens is 436 g/mol. The SMILES string of the molecule is CC[C@H](O)C1C[C@@H]([C@@H](C)OC(=O)c2ccccc2)[C@H](n2c(=O)sc3c(=O)[nH]c(N)nc32)O1. The zero-order valence-electron chi connectivity index (χ0n) is 17.6. The van der Waals surface area contributed by atoms with Gasteiger partial charge in [-0.05, 0) is 31.9 Å². The van der Waals surface area contributed by atoms with Crippen molar-refractivity contribution in [3.05, 3.63) is 55.9 Å². The Morgan fingerprint density at radius 3 is 2.81 bits per heavy atom. The van der Waals surface area contributed by atoms with E-state index in [0.717, 1.165) is 11.3 Å². The second-order valence-corrected chi connectivity index (χ2v) is 8.72. The lowest BCUT2D eigenvalue weighted by molar-refractivity contribution is -0.0751. The summed E-state index contributed by atoms with van der Waals surface area (Å²) in [5, 5.41) is 10.4. The monoisotopic (exact) mass is 460 g/mol. The molecule has 1 aliphatic heterocycles. The van der Waals surface area contributed by atoms with Crippen LogP contribution in [0.5, 0.6) is 0 Å². The Morgan fingerprint density at radius 2 is 2.12 bits per heavy atom. The van der Waals surface area contributed by atoms with E-state index in [0.29, 0.717) is 18.4 Å². The van der Waals surface area contributed by atoms with E-state index in [1.165, 1.54) is 4.57 Å². The van der Waals surface area contributed by atoms with Gasteiger partial charge >= 0.3 is 10.8 Å². The molecule has 0 spiro atoms. The number of hydrogen-bond acceptors (Lipinski definition) is 9. The molecule has 2 aromatic heterocycles. The quantitative estimate of drug-likeness (QED) is 0.470. The van der Waals surface area contributed by atoms with Gasteiger partial charge < -0.3 is 20.3 Å². The summed E-state index contributed by atoms with van der Waals surface area (Å²) < 4.78 is 13.2. The van der Waals surface area contributed by atoms with Gasteiger partial charge in [0.05, 0.1) is 17.8 Å². The molecule has 0 aliphatic carbocycles. The molecule has 1 saturated heterocycles. The van der Waals surface area contributed by atoms with Crippen LogP contribution < -0.4 is 16.2 Å². The normalized spacial score (nSPS) is 22.7. The summed E-state index contributed by atoms with van der Waals surface area (Å²) in [7, 11) is 0. The molecule has 4 N–H and O–H groups in total. The van der Waals surface area contributed by atoms with Gasteiger partial charge in [-0.3, -0.25) is 19.1 Å². The average Bonchev–Trinajstić information content (AvgIpc) is 3.34. The third-order valence-electron chi connectivity index (χ3n) is 5.68. The van der Waals surface area contributed by atoms with E-state index in [1.54, 1.807) is 37.3 Å². The van der Waals surface area contributed by atoms with Crippen molar-refractivity contribution in [1.29, 1.82) is 0 Å². The van der Waals surface area contributed by atoms with E-state index in [-0.39, 0.29) is 16.3 Å². The van der Waals surface area contributed by atoms with E-state index in [4.69, 9.17) is 15.2 Å². The Bertz CT molecular complexity index is 1240. The first kappa shape index (κ1) is 22.2. The lowest BCUT2D eigenvalue weighted by atomic mass is 9.95. The maximum atomic E-state index is 12.8. The number of rotatable bonds is 6. The fraction of sp³-hybridized carbons (Fsp3) is 0.429. The van der Waals surface area contributed by atoms with Gasteiger partial charge in [-0.25, -0.2) is 4.79 Å². The minimum atomic E-state index is -0.894. The predicted molar refractivity (Wildman–Crippen MR) is 119 cm³/mol. The number of thiazole rings is 1. The summed E-state index contributed by atoms with van der Waals surface area (Å²) in [6.07, 6.45) is -2.08. The molecule has 11 heteroatoms. The number of hydrogen-bond donors (Lipinski definition) is 3. The number of aliphatic hydroxyl groups is 1. The van der Waals surface area contributed by atoms with E-state index >= 15 is 0 Å². The minimum Gasteiger partial charge on any atom is -0.459 e. The predicted octanol–water partition coefficient (Wildman–Crippen LogP) is 1.65. The van der Waals surface area contributed by atoms with Crippen LogP contribution in [0.3, 0.4) is 0 Å². The van der Waals surface area contributed by atoms with Crippen LogP contribution in [-0.2, 0) is 9.47 Å². The van der Waals surface area contributed by atoms with Crippen LogP contribution >= 0.6 is 11.3 Å². The molecule has 32 heavy (non-hydrogen) atoms. The van der Waals surface area contributed by atoms with Crippen molar-refractivity contribution in [1.82, 2.24) is 14.5 Å². The van der Waals surface area contributed by atoms with Crippen molar-refractivity contribution in [3.8, 4) is 0 Å². The van der Waals surface area contributed by atoms with Gasteiger partial charge in [0, 0.05) is 5.92 Å². The largest absolute Gasteiger partial charge is 0.459 e. The molecule has 3 aromatic rings. The Labute approximate surface area is 186 Å². The fourth-order valence-electron chi connectivity index (χ4n) is 3.98. The lowest BCUT2D eigenvalue weighted by Crippen LogP contribution is -2.32. The van der Waals surface area contributed by atoms with Crippen molar-refractivity contribution in [2.45, 2.75) is 51.2 Å². The molecule has 0 saturated carbocycles. The zero-order valence-corrected chi connectivity index (χ0v) is 18.4. The molecule has 1 aromatic carbocycles. The molecule has 0 amide bonds. The summed E-state index contributed by atoms with van der Waals surface area (Å²) in [6.45, 7) is 3.54. The number of aromatic amines is 1. The number of fused-ring (bicyclic) bond motifs is 1. The Kier molecular flexibility index (Phi) is 6.13. The van der Waals surface area contributed by atoms with Crippen LogP contribution in [0.2, 0.25) is 0 Å². The Balaban J connectivity index is 1.71. The lowest BCUT2D eigenvalue weighted by Gasteiger charge is -2.25. The van der Waals surface area contributed by atoms with Crippen LogP contribution in [0.25, 0.3) is 10.3 Å². The number of benzene rings is 1. The van der Waals surface area contributed by atoms with Crippen molar-refractivity contribution in [3.63, 3.8) is 0 Å². The number of H-pyrrole nitrogens is 1. The first-order valence-corrected chi connectivity index (χ1v) is 11.1. The molecule has 1 unspecified atom stereocenters. The maximum Gasteiger partial charge on any atom is 0.338 e. The van der Waals surface area contributed by atoms with Crippen LogP contribution in [-0.4, -0.2) is 43.9 Å². The number of nitrogen functional groups attached to an aromatic ring is 1. The highest BCUT2D eigenvalue weighted by Crippen LogP contribution is 2.40. The molecule has 170 valence electrons. The Hall–Kier alpha value is -3.02. The first-order valence-electron chi connectivity index (χ1n) is 10.3. The van der Waals surface area contributed by atoms with Gasteiger partial charge in [0.25, 0.3) is 5.56 Å². The summed E-state index contributed by atoms with van der Waals surface area (Å²) in [6, 6.07) is 8.57. The number of nitrogens with zero attached hydrogens (tertiary/aromatic N) is 2. The van der Waals surface area contributed by atoms with Gasteiger partial charge in [-0.2, -0.15) is 4.98 Å². The van der Waals surface area contributed by atoms with E-state index < -0.39 is 46.9 Å². The second kappa shape index (κ2) is 8.85. The van der Waals surface area contributed by atoms with Crippen LogP contribution in [0.4, 0.5) is 5.95 Å². The van der Waals surface area contributed by atoms with Crippen molar-refractivity contribution in [2.24, 2.45) is 5.92 Å². The number of aromatic nitrogens is 3. The van der Waals surface area contributed by atoms with Gasteiger partial charge in [0.2, 0.25) is 5.95 Å². The molecule has 3 heterocycles. The van der Waals surface area contributed by atoms with Crippen LogP contribution in [0.15, 0.2) is 39.9 Å². The number of carbonyl (C=O) groups excluding carboxylic acids is 1. The molecule has 1 fully saturated rings. The third-order valence-corrected chi connectivity index (χ3v) is 6.63. The van der Waals surface area contributed by atoms with Gasteiger partial charge in [0.1, 0.15) is 17.0 Å². The van der Waals surface area contributed by atoms with E-state index in [2.05, 4.69) is 9.97 Å². The Morgan fingerprint density at radius 1 is 1.41 bits per heavy atom. The molecule has 1 aliphatic rings. The summed E-state index contributed by atoms with van der Waals surface area (Å²) in [5.41, 5.74) is 5.68. The second-order valence-electron chi connectivity index (χ2n) is 7.76. The van der Waals surface area contributed by atoms with E-state index in [9.17, 15) is 19.5 Å². The minimum absolute atomic E-state index is 0.101. The summed E-state index contributed by atoms with van der Waals surface area (Å²) in [5.74, 6) is -1.10. The highest BCUT2D eigenvalue weighted by molar-refractivity contribution is 7.16. The molecule has 10 nitrogen and oxygen atoms in total. The fourth-order valence-corrected chi connectivity index (χ4v) is 4.82. The van der Waals surface area contributed by atoms with Crippen LogP contribution in [0, 0.1) is 5.92 Å². The first-order chi connectivity index (χ1) is 15.3. The van der Waals surface area contributed by atoms with Gasteiger partial charge in [-0.1, -0.05) is 36.5 Å². The number of nitrogens with one attached hydrogen (secondary N) is 1. The standard InChI is InChI=1S/C21H24N4O6S/c1-3-13(26)14-9-12(10(2)30-19(28)11-7-5-4-6-8-11)18(31-14)25-16-15(32-21(25)29)17(27)24-20(22)23-16/h4-8,10,12-14,18,26H,3,9H2,1-2H3,(H3,22,23,24,27)/t10-,12+,13+,14?,18-/m1/s1. The number of carbonyl (C=O) groups is 1. The molecule has 0 radical (unpaired) electrons. The molecule has 5 atom stereocenters. The summed E-state index contributed by atoms with van der Waals surface area (Å²) in [4.78, 5) is 43.8. The maximum absolute atomic E-state index is 12.8. The smallest absolute Gasteiger partial charge is 0.338 e. The highest BCUT2D eigenvalue weighted by atomic mass is 32.1. The molecular formula is C21H24N4O6S. The van der Waals surface area contributed by atoms with Crippen LogP contribution in [0.1, 0.15) is 43.3 Å². The summed E-state index contributed by atoms with van der Waals surface area (Å²) >= 11 is 0.736. The number of nitrogens with two attached hydrogens (primary N) is 1. The van der Waals surface area contributed by atoms with Gasteiger partial charge in [0.15, 0.2) is 5.65 Å². The number of anilines is 1. The van der Waals surface area contributed by atoms with E-state index in [1.807, 2.05) is 6.92 Å². The number of aliphatic hydroxyl groups excluding tert-OH is 1. The molecule has 0 bridgehead atoms. The third kappa shape index (κ3) is 4.06. The highest BCUT2D eigenvalue weighted by Gasteiger charge is 2.44. The van der Waals surface area contributed by atoms with Crippen molar-refractivity contribution < 1.29 is 19.4 Å². The zero-order chi connectivity index (χ0) is 23.0. The van der Waals surface area contributed by atoms with Crippen molar-refractivity contribution in [2.75, 3.05) is 5.73 Å². The average molecular weight is 461 g/mol. The topological polar surface area (TPSA) is 150 Å².